The summed E-state index contributed by atoms with van der Waals surface area (Å²) in [4.78, 5) is 29.2. The number of rotatable bonds is 5. The second kappa shape index (κ2) is 5.95. The van der Waals surface area contributed by atoms with Gasteiger partial charge in [-0.25, -0.2) is 4.39 Å². The van der Waals surface area contributed by atoms with Gasteiger partial charge in [-0.1, -0.05) is 0 Å². The Balaban J connectivity index is 2.01. The van der Waals surface area contributed by atoms with Crippen LogP contribution in [0.3, 0.4) is 0 Å². The molecule has 1 N–H and O–H groups in total. The number of carboxylic acids is 1. The van der Waals surface area contributed by atoms with Gasteiger partial charge in [0.05, 0.1) is 17.5 Å². The molecule has 6 heteroatoms. The van der Waals surface area contributed by atoms with Crippen LogP contribution in [0.2, 0.25) is 0 Å². The highest BCUT2D eigenvalue weighted by atomic mass is 19.1. The second-order valence-electron chi connectivity index (χ2n) is 5.90. The van der Waals surface area contributed by atoms with Crippen molar-refractivity contribution in [3.8, 4) is 0 Å². The Morgan fingerprint density at radius 2 is 2.09 bits per heavy atom. The Morgan fingerprint density at radius 3 is 2.74 bits per heavy atom. The minimum absolute atomic E-state index is 0.103. The molecule has 0 unspecified atom stereocenters. The van der Waals surface area contributed by atoms with E-state index in [4.69, 9.17) is 5.11 Å². The van der Waals surface area contributed by atoms with Crippen LogP contribution in [0.1, 0.15) is 41.2 Å². The number of amides is 1. The third kappa shape index (κ3) is 3.31. The highest BCUT2D eigenvalue weighted by Crippen LogP contribution is 2.40. The van der Waals surface area contributed by atoms with Crippen molar-refractivity contribution in [3.63, 3.8) is 0 Å². The summed E-state index contributed by atoms with van der Waals surface area (Å²) >= 11 is 0. The minimum atomic E-state index is -0.964. The number of halogens is 1. The summed E-state index contributed by atoms with van der Waals surface area (Å²) in [6, 6.07) is 5.93. The number of fused-ring (bicyclic) bond motifs is 1. The number of benzene rings is 1. The number of carboxylic acid groups (broad SMARTS) is 1. The molecule has 1 saturated carbocycles. The smallest absolute Gasteiger partial charge is 0.305 e. The SMILES string of the molecule is CN(CCC(=O)O)C(=O)c1cc(C2CC2)nc2ccc(F)cc12. The first kappa shape index (κ1) is 15.4. The molecule has 0 atom stereocenters. The largest absolute Gasteiger partial charge is 0.481 e. The molecule has 1 heterocycles. The molecular weight excluding hydrogens is 299 g/mol. The standard InChI is InChI=1S/C17H17FN2O3/c1-20(7-6-16(21)22)17(23)13-9-15(10-2-3-10)19-14-5-4-11(18)8-12(13)14/h4-5,8-10H,2-3,6-7H2,1H3,(H,21,22). The molecular formula is C17H17FN2O3. The lowest BCUT2D eigenvalue weighted by Crippen LogP contribution is -2.29. The molecule has 0 bridgehead atoms. The number of carbonyl (C=O) groups excluding carboxylic acids is 1. The van der Waals surface area contributed by atoms with Gasteiger partial charge in [-0.15, -0.1) is 0 Å². The van der Waals surface area contributed by atoms with Crippen LogP contribution in [-0.4, -0.2) is 40.5 Å². The van der Waals surface area contributed by atoms with Gasteiger partial charge in [-0.2, -0.15) is 0 Å². The first-order valence-electron chi connectivity index (χ1n) is 7.53. The van der Waals surface area contributed by atoms with Crippen molar-refractivity contribution in [2.45, 2.75) is 25.2 Å². The van der Waals surface area contributed by atoms with E-state index in [0.717, 1.165) is 18.5 Å². The average Bonchev–Trinajstić information content (AvgIpc) is 3.35. The Bertz CT molecular complexity index is 787. The van der Waals surface area contributed by atoms with Crippen LogP contribution >= 0.6 is 0 Å². The molecule has 23 heavy (non-hydrogen) atoms. The van der Waals surface area contributed by atoms with Gasteiger partial charge in [0.15, 0.2) is 0 Å². The molecule has 2 aromatic rings. The van der Waals surface area contributed by atoms with Gasteiger partial charge in [0, 0.05) is 30.6 Å². The molecule has 0 aliphatic heterocycles. The molecule has 120 valence electrons. The zero-order valence-corrected chi connectivity index (χ0v) is 12.8. The fraction of sp³-hybridized carbons (Fsp3) is 0.353. The van der Waals surface area contributed by atoms with Crippen LogP contribution in [0.5, 0.6) is 0 Å². The van der Waals surface area contributed by atoms with E-state index in [1.54, 1.807) is 19.2 Å². The number of pyridine rings is 1. The normalized spacial score (nSPS) is 14.0. The fourth-order valence-corrected chi connectivity index (χ4v) is 2.55. The molecule has 5 nitrogen and oxygen atoms in total. The minimum Gasteiger partial charge on any atom is -0.481 e. The quantitative estimate of drug-likeness (QED) is 0.921. The molecule has 1 aromatic carbocycles. The van der Waals surface area contributed by atoms with Crippen LogP contribution in [0.15, 0.2) is 24.3 Å². The van der Waals surface area contributed by atoms with Crippen molar-refractivity contribution in [2.24, 2.45) is 0 Å². The molecule has 3 rings (SSSR count). The topological polar surface area (TPSA) is 70.5 Å². The van der Waals surface area contributed by atoms with E-state index in [2.05, 4.69) is 4.98 Å². The molecule has 1 aromatic heterocycles. The van der Waals surface area contributed by atoms with Gasteiger partial charge in [0.2, 0.25) is 0 Å². The van der Waals surface area contributed by atoms with Gasteiger partial charge >= 0.3 is 5.97 Å². The number of aliphatic carboxylic acids is 1. The van der Waals surface area contributed by atoms with Crippen LogP contribution < -0.4 is 0 Å². The van der Waals surface area contributed by atoms with Crippen molar-refractivity contribution in [1.29, 1.82) is 0 Å². The molecule has 0 spiro atoms. The van der Waals surface area contributed by atoms with Crippen LogP contribution in [-0.2, 0) is 4.79 Å². The van der Waals surface area contributed by atoms with Crippen molar-refractivity contribution in [1.82, 2.24) is 9.88 Å². The number of nitrogens with zero attached hydrogens (tertiary/aromatic N) is 2. The maximum absolute atomic E-state index is 13.6. The Morgan fingerprint density at radius 1 is 1.35 bits per heavy atom. The van der Waals surface area contributed by atoms with Crippen LogP contribution in [0.4, 0.5) is 4.39 Å². The number of hydrogen-bond acceptors (Lipinski definition) is 3. The lowest BCUT2D eigenvalue weighted by Gasteiger charge is -2.18. The predicted molar refractivity (Wildman–Crippen MR) is 82.9 cm³/mol. The van der Waals surface area contributed by atoms with Gasteiger partial charge in [-0.3, -0.25) is 14.6 Å². The Kier molecular flexibility index (Phi) is 3.98. The van der Waals surface area contributed by atoms with Gasteiger partial charge < -0.3 is 10.0 Å². The number of hydrogen-bond donors (Lipinski definition) is 1. The highest BCUT2D eigenvalue weighted by molar-refractivity contribution is 6.06. The Hall–Kier alpha value is -2.50. The summed E-state index contributed by atoms with van der Waals surface area (Å²) in [5.74, 6) is -1.35. The van der Waals surface area contributed by atoms with Gasteiger partial charge in [0.1, 0.15) is 5.82 Å². The van der Waals surface area contributed by atoms with Crippen LogP contribution in [0, 0.1) is 5.82 Å². The third-order valence-electron chi connectivity index (χ3n) is 4.02. The lowest BCUT2D eigenvalue weighted by molar-refractivity contribution is -0.137. The molecule has 0 saturated heterocycles. The van der Waals surface area contributed by atoms with E-state index in [-0.39, 0.29) is 18.9 Å². The van der Waals surface area contributed by atoms with E-state index in [1.165, 1.54) is 17.0 Å². The van der Waals surface area contributed by atoms with E-state index in [0.29, 0.717) is 22.4 Å². The zero-order valence-electron chi connectivity index (χ0n) is 12.8. The average molecular weight is 316 g/mol. The number of aromatic nitrogens is 1. The second-order valence-corrected chi connectivity index (χ2v) is 5.90. The fourth-order valence-electron chi connectivity index (χ4n) is 2.55. The first-order chi connectivity index (χ1) is 11.0. The van der Waals surface area contributed by atoms with Crippen molar-refractivity contribution >= 4 is 22.8 Å². The Labute approximate surface area is 132 Å². The van der Waals surface area contributed by atoms with Crippen molar-refractivity contribution < 1.29 is 19.1 Å². The highest BCUT2D eigenvalue weighted by Gasteiger charge is 2.27. The molecule has 1 aliphatic rings. The summed E-state index contributed by atoms with van der Waals surface area (Å²) in [6.07, 6.45) is 1.96. The summed E-state index contributed by atoms with van der Waals surface area (Å²) in [7, 11) is 1.55. The maximum Gasteiger partial charge on any atom is 0.305 e. The first-order valence-corrected chi connectivity index (χ1v) is 7.53. The summed E-state index contributed by atoms with van der Waals surface area (Å²) in [6.45, 7) is 0.103. The molecule has 1 aliphatic carbocycles. The molecule has 1 fully saturated rings. The van der Waals surface area contributed by atoms with E-state index in [9.17, 15) is 14.0 Å². The van der Waals surface area contributed by atoms with Crippen molar-refractivity contribution in [2.75, 3.05) is 13.6 Å². The molecule has 0 radical (unpaired) electrons. The maximum atomic E-state index is 13.6. The summed E-state index contributed by atoms with van der Waals surface area (Å²) in [5.41, 5.74) is 1.81. The van der Waals surface area contributed by atoms with Gasteiger partial charge in [-0.05, 0) is 37.1 Å². The third-order valence-corrected chi connectivity index (χ3v) is 4.02. The van der Waals surface area contributed by atoms with Crippen molar-refractivity contribution in [3.05, 3.63) is 41.3 Å². The zero-order chi connectivity index (χ0) is 16.6. The van der Waals surface area contributed by atoms with E-state index >= 15 is 0 Å². The van der Waals surface area contributed by atoms with E-state index < -0.39 is 11.8 Å². The van der Waals surface area contributed by atoms with Gasteiger partial charge in [0.25, 0.3) is 5.91 Å². The summed E-state index contributed by atoms with van der Waals surface area (Å²) in [5, 5.41) is 9.21. The monoisotopic (exact) mass is 316 g/mol. The molecule has 1 amide bonds. The van der Waals surface area contributed by atoms with E-state index in [1.807, 2.05) is 0 Å². The summed E-state index contributed by atoms with van der Waals surface area (Å²) < 4.78 is 13.6. The van der Waals surface area contributed by atoms with Crippen LogP contribution in [0.25, 0.3) is 10.9 Å². The number of carbonyl (C=O) groups is 2. The lowest BCUT2D eigenvalue weighted by atomic mass is 10.0. The predicted octanol–water partition coefficient (Wildman–Crippen LogP) is 2.80.